The zero-order chi connectivity index (χ0) is 15.7. The number of carbonyl (C=O) groups excluding carboxylic acids is 2. The summed E-state index contributed by atoms with van der Waals surface area (Å²) in [4.78, 5) is 24.5. The van der Waals surface area contributed by atoms with Crippen molar-refractivity contribution in [3.05, 3.63) is 11.1 Å². The van der Waals surface area contributed by atoms with Gasteiger partial charge in [0.1, 0.15) is 5.78 Å². The van der Waals surface area contributed by atoms with Crippen LogP contribution in [0.5, 0.6) is 0 Å². The van der Waals surface area contributed by atoms with E-state index in [1.807, 2.05) is 0 Å². The molecule has 0 heterocycles. The molecule has 0 N–H and O–H groups in total. The molecule has 0 amide bonds. The summed E-state index contributed by atoms with van der Waals surface area (Å²) in [6.45, 7) is 6.72. The first kappa shape index (κ1) is 14.7. The van der Waals surface area contributed by atoms with Crippen LogP contribution in [0, 0.1) is 28.6 Å². The molecular weight excluding hydrogens is 272 g/mol. The van der Waals surface area contributed by atoms with E-state index in [0.717, 1.165) is 44.1 Å². The maximum absolute atomic E-state index is 12.4. The molecule has 0 spiro atoms. The van der Waals surface area contributed by atoms with Gasteiger partial charge in [-0.2, -0.15) is 0 Å². The molecule has 4 rings (SSSR count). The van der Waals surface area contributed by atoms with Crippen LogP contribution >= 0.6 is 0 Å². The predicted molar refractivity (Wildman–Crippen MR) is 86.3 cm³/mol. The summed E-state index contributed by atoms with van der Waals surface area (Å²) in [5.74, 6) is 2.92. The Hall–Kier alpha value is -0.920. The number of hydrogen-bond acceptors (Lipinski definition) is 2. The average molecular weight is 300 g/mol. The number of Topliss-reactive ketones (excluding diaryl/α,β-unsaturated/α-hetero) is 2. The predicted octanol–water partition coefficient (Wildman–Crippen LogP) is 4.48. The Labute approximate surface area is 133 Å². The fraction of sp³-hybridized carbons (Fsp3) is 0.800. The van der Waals surface area contributed by atoms with Gasteiger partial charge in [0.2, 0.25) is 0 Å². The third-order valence-corrected chi connectivity index (χ3v) is 8.12. The molecule has 5 atom stereocenters. The molecule has 0 aromatic carbocycles. The lowest BCUT2D eigenvalue weighted by Crippen LogP contribution is -2.51. The quantitative estimate of drug-likeness (QED) is 0.661. The maximum atomic E-state index is 12.4. The molecule has 3 fully saturated rings. The van der Waals surface area contributed by atoms with E-state index in [0.29, 0.717) is 29.3 Å². The third kappa shape index (κ3) is 1.67. The Morgan fingerprint density at radius 2 is 1.59 bits per heavy atom. The van der Waals surface area contributed by atoms with Gasteiger partial charge in [-0.05, 0) is 74.2 Å². The Balaban J connectivity index is 1.73. The largest absolute Gasteiger partial charge is 0.299 e. The van der Waals surface area contributed by atoms with Gasteiger partial charge >= 0.3 is 0 Å². The summed E-state index contributed by atoms with van der Waals surface area (Å²) in [6.07, 6.45) is 8.25. The van der Waals surface area contributed by atoms with Crippen molar-refractivity contribution in [2.75, 3.05) is 0 Å². The molecule has 0 saturated heterocycles. The van der Waals surface area contributed by atoms with Gasteiger partial charge in [0.05, 0.1) is 0 Å². The molecule has 0 aromatic rings. The van der Waals surface area contributed by atoms with Crippen LogP contribution < -0.4 is 0 Å². The highest BCUT2D eigenvalue weighted by Crippen LogP contribution is 2.64. The smallest absolute Gasteiger partial charge is 0.158 e. The van der Waals surface area contributed by atoms with Gasteiger partial charge < -0.3 is 0 Å². The molecule has 3 saturated carbocycles. The Morgan fingerprint density at radius 3 is 2.36 bits per heavy atom. The highest BCUT2D eigenvalue weighted by atomic mass is 16.1. The van der Waals surface area contributed by atoms with E-state index in [-0.39, 0.29) is 10.8 Å². The van der Waals surface area contributed by atoms with Crippen molar-refractivity contribution in [1.82, 2.24) is 0 Å². The van der Waals surface area contributed by atoms with Gasteiger partial charge in [-0.15, -0.1) is 0 Å². The molecule has 0 aliphatic heterocycles. The summed E-state index contributed by atoms with van der Waals surface area (Å²) in [5.41, 5.74) is 2.74. The fourth-order valence-electron chi connectivity index (χ4n) is 6.75. The minimum absolute atomic E-state index is 0.0295. The summed E-state index contributed by atoms with van der Waals surface area (Å²) in [5, 5.41) is 0. The van der Waals surface area contributed by atoms with Crippen LogP contribution in [0.1, 0.15) is 72.1 Å². The van der Waals surface area contributed by atoms with Crippen molar-refractivity contribution in [3.8, 4) is 0 Å². The van der Waals surface area contributed by atoms with Gasteiger partial charge in [-0.1, -0.05) is 19.4 Å². The highest BCUT2D eigenvalue weighted by molar-refractivity contribution is 5.96. The SMILES string of the molecule is CC1=C2CC[C@H]3[C@H](CC[C@]4(C)C(=O)CC[C@@H]34)[C@@]2(C)CCC1=O. The minimum Gasteiger partial charge on any atom is -0.299 e. The Kier molecular flexibility index (Phi) is 3.03. The monoisotopic (exact) mass is 300 g/mol. The van der Waals surface area contributed by atoms with Crippen molar-refractivity contribution in [2.24, 2.45) is 28.6 Å². The molecule has 2 nitrogen and oxygen atoms in total. The topological polar surface area (TPSA) is 34.1 Å². The molecular formula is C20H28O2. The lowest BCUT2D eigenvalue weighted by atomic mass is 9.47. The second kappa shape index (κ2) is 4.55. The van der Waals surface area contributed by atoms with Crippen molar-refractivity contribution in [1.29, 1.82) is 0 Å². The van der Waals surface area contributed by atoms with Crippen molar-refractivity contribution < 1.29 is 9.59 Å². The van der Waals surface area contributed by atoms with E-state index < -0.39 is 0 Å². The fourth-order valence-corrected chi connectivity index (χ4v) is 6.75. The number of fused-ring (bicyclic) bond motifs is 5. The first-order valence-electron chi connectivity index (χ1n) is 9.14. The molecule has 0 unspecified atom stereocenters. The maximum Gasteiger partial charge on any atom is 0.158 e. The molecule has 0 aromatic heterocycles. The Morgan fingerprint density at radius 1 is 0.864 bits per heavy atom. The standard InChI is InChI=1S/C20H28O2/c1-12-14-5-4-13-15-6-7-18(22)20(15,3)10-8-16(13)19(14,2)11-9-17(12)21/h13,15-16H,4-11H2,1-3H3/t13-,15+,16+,19+,20+/m1/s1. The Bertz CT molecular complexity index is 587. The van der Waals surface area contributed by atoms with E-state index >= 15 is 0 Å². The van der Waals surface area contributed by atoms with Gasteiger partial charge in [-0.25, -0.2) is 0 Å². The molecule has 120 valence electrons. The van der Waals surface area contributed by atoms with E-state index in [1.54, 1.807) is 0 Å². The minimum atomic E-state index is -0.0295. The van der Waals surface area contributed by atoms with Gasteiger partial charge in [0.15, 0.2) is 5.78 Å². The van der Waals surface area contributed by atoms with Crippen molar-refractivity contribution in [2.45, 2.75) is 72.1 Å². The summed E-state index contributed by atoms with van der Waals surface area (Å²) in [6, 6.07) is 0. The van der Waals surface area contributed by atoms with Gasteiger partial charge in [0.25, 0.3) is 0 Å². The molecule has 22 heavy (non-hydrogen) atoms. The molecule has 4 aliphatic rings. The van der Waals surface area contributed by atoms with Crippen molar-refractivity contribution >= 4 is 11.6 Å². The number of allylic oxidation sites excluding steroid dienone is 1. The lowest BCUT2D eigenvalue weighted by Gasteiger charge is -2.57. The normalized spacial score (nSPS) is 48.0. The van der Waals surface area contributed by atoms with E-state index in [1.165, 1.54) is 18.4 Å². The average Bonchev–Trinajstić information content (AvgIpc) is 2.79. The van der Waals surface area contributed by atoms with Crippen LogP contribution in [0.3, 0.4) is 0 Å². The second-order valence-electron chi connectivity index (χ2n) is 8.78. The van der Waals surface area contributed by atoms with Gasteiger partial charge in [0, 0.05) is 18.3 Å². The van der Waals surface area contributed by atoms with Crippen LogP contribution in [0.4, 0.5) is 0 Å². The van der Waals surface area contributed by atoms with E-state index in [9.17, 15) is 9.59 Å². The summed E-state index contributed by atoms with van der Waals surface area (Å²) >= 11 is 0. The second-order valence-corrected chi connectivity index (χ2v) is 8.78. The van der Waals surface area contributed by atoms with Crippen LogP contribution in [-0.4, -0.2) is 11.6 Å². The molecule has 4 aliphatic carbocycles. The summed E-state index contributed by atoms with van der Waals surface area (Å²) < 4.78 is 0. The number of rotatable bonds is 0. The van der Waals surface area contributed by atoms with Gasteiger partial charge in [-0.3, -0.25) is 9.59 Å². The summed E-state index contributed by atoms with van der Waals surface area (Å²) in [7, 11) is 0. The first-order valence-corrected chi connectivity index (χ1v) is 9.14. The third-order valence-electron chi connectivity index (χ3n) is 8.12. The highest BCUT2D eigenvalue weighted by Gasteiger charge is 2.59. The van der Waals surface area contributed by atoms with E-state index in [2.05, 4.69) is 20.8 Å². The number of hydrogen-bond donors (Lipinski definition) is 0. The first-order chi connectivity index (χ1) is 10.4. The van der Waals surface area contributed by atoms with Crippen molar-refractivity contribution in [3.63, 3.8) is 0 Å². The molecule has 0 bridgehead atoms. The number of carbonyl (C=O) groups is 2. The number of ketones is 2. The zero-order valence-corrected chi connectivity index (χ0v) is 14.2. The molecule has 0 radical (unpaired) electrons. The molecule has 2 heteroatoms. The zero-order valence-electron chi connectivity index (χ0n) is 14.2. The lowest BCUT2D eigenvalue weighted by molar-refractivity contribution is -0.132. The van der Waals surface area contributed by atoms with Crippen LogP contribution in [0.15, 0.2) is 11.1 Å². The van der Waals surface area contributed by atoms with Crippen LogP contribution in [0.2, 0.25) is 0 Å². The van der Waals surface area contributed by atoms with Crippen LogP contribution in [-0.2, 0) is 9.59 Å². The van der Waals surface area contributed by atoms with Crippen LogP contribution in [0.25, 0.3) is 0 Å². The van der Waals surface area contributed by atoms with E-state index in [4.69, 9.17) is 0 Å².